The summed E-state index contributed by atoms with van der Waals surface area (Å²) in [6, 6.07) is 15.1. The lowest BCUT2D eigenvalue weighted by Gasteiger charge is -2.16. The van der Waals surface area contributed by atoms with E-state index in [-0.39, 0.29) is 10.8 Å². The van der Waals surface area contributed by atoms with Crippen molar-refractivity contribution in [3.8, 4) is 0 Å². The summed E-state index contributed by atoms with van der Waals surface area (Å²) in [5.74, 6) is 0.744. The molecular formula is C24H29N5O3S2. The zero-order chi connectivity index (χ0) is 24.0. The number of hydrogen-bond acceptors (Lipinski definition) is 6. The van der Waals surface area contributed by atoms with Gasteiger partial charge in [0.1, 0.15) is 5.82 Å². The Morgan fingerprint density at radius 3 is 2.44 bits per heavy atom. The van der Waals surface area contributed by atoms with Gasteiger partial charge < -0.3 is 9.88 Å². The lowest BCUT2D eigenvalue weighted by Crippen LogP contribution is -2.25. The van der Waals surface area contributed by atoms with Gasteiger partial charge in [0.2, 0.25) is 0 Å². The van der Waals surface area contributed by atoms with Crippen LogP contribution in [0.2, 0.25) is 0 Å². The van der Waals surface area contributed by atoms with Crippen molar-refractivity contribution in [3.63, 3.8) is 0 Å². The van der Waals surface area contributed by atoms with E-state index in [1.165, 1.54) is 49.9 Å². The molecule has 2 aromatic carbocycles. The van der Waals surface area contributed by atoms with E-state index in [2.05, 4.69) is 24.8 Å². The van der Waals surface area contributed by atoms with Gasteiger partial charge in [-0.05, 0) is 61.9 Å². The maximum atomic E-state index is 12.5. The van der Waals surface area contributed by atoms with Gasteiger partial charge in [0.05, 0.1) is 4.90 Å². The van der Waals surface area contributed by atoms with Crippen LogP contribution in [-0.4, -0.2) is 41.9 Å². The second kappa shape index (κ2) is 11.1. The average Bonchev–Trinajstić information content (AvgIpc) is 3.51. The third-order valence-electron chi connectivity index (χ3n) is 5.92. The van der Waals surface area contributed by atoms with Gasteiger partial charge >= 0.3 is 0 Å². The van der Waals surface area contributed by atoms with E-state index < -0.39 is 10.0 Å². The molecule has 0 saturated heterocycles. The molecule has 1 saturated carbocycles. The number of hydrogen-bond donors (Lipinski definition) is 2. The fourth-order valence-electron chi connectivity index (χ4n) is 4.20. The van der Waals surface area contributed by atoms with E-state index in [1.54, 1.807) is 36.0 Å². The van der Waals surface area contributed by atoms with Crippen LogP contribution in [0.25, 0.3) is 0 Å². The summed E-state index contributed by atoms with van der Waals surface area (Å²) < 4.78 is 29.9. The first-order valence-electron chi connectivity index (χ1n) is 11.4. The van der Waals surface area contributed by atoms with Crippen LogP contribution >= 0.6 is 11.8 Å². The molecule has 0 spiro atoms. The van der Waals surface area contributed by atoms with E-state index in [0.29, 0.717) is 23.8 Å². The second-order valence-electron chi connectivity index (χ2n) is 8.27. The number of carbonyl (C=O) groups is 1. The Labute approximate surface area is 204 Å². The number of carbonyl (C=O) groups excluding carboxylic acids is 1. The number of aromatic nitrogens is 3. The van der Waals surface area contributed by atoms with Crippen LogP contribution in [0.1, 0.15) is 54.3 Å². The molecular weight excluding hydrogens is 470 g/mol. The van der Waals surface area contributed by atoms with Crippen molar-refractivity contribution in [2.24, 2.45) is 0 Å². The van der Waals surface area contributed by atoms with Crippen molar-refractivity contribution in [3.05, 3.63) is 66.0 Å². The third kappa shape index (κ3) is 5.79. The van der Waals surface area contributed by atoms with Crippen molar-refractivity contribution in [1.29, 1.82) is 0 Å². The number of para-hydroxylation sites is 1. The molecule has 1 aliphatic carbocycles. The van der Waals surface area contributed by atoms with E-state index in [0.717, 1.165) is 23.8 Å². The summed E-state index contributed by atoms with van der Waals surface area (Å²) in [6.45, 7) is 0.501. The highest BCUT2D eigenvalue weighted by Crippen LogP contribution is 2.33. The Balaban J connectivity index is 1.30. The zero-order valence-corrected chi connectivity index (χ0v) is 20.7. The minimum absolute atomic E-state index is 0.101. The molecule has 1 amide bonds. The predicted octanol–water partition coefficient (Wildman–Crippen LogP) is 4.28. The number of sulfonamides is 1. The number of benzene rings is 2. The van der Waals surface area contributed by atoms with Gasteiger partial charge in [-0.15, -0.1) is 10.2 Å². The Morgan fingerprint density at radius 2 is 1.76 bits per heavy atom. The maximum Gasteiger partial charge on any atom is 0.261 e. The lowest BCUT2D eigenvalue weighted by molar-refractivity contribution is 0.0953. The fraction of sp³-hybridized carbons (Fsp3) is 0.375. The van der Waals surface area contributed by atoms with Crippen molar-refractivity contribution < 1.29 is 13.2 Å². The van der Waals surface area contributed by atoms with Gasteiger partial charge in [-0.2, -0.15) is 0 Å². The molecule has 1 aromatic heterocycles. The molecule has 34 heavy (non-hydrogen) atoms. The topological polar surface area (TPSA) is 106 Å². The molecule has 4 rings (SSSR count). The molecule has 1 aliphatic rings. The SMILES string of the molecule is CSc1nnc(CCCNC(=O)c2ccc(S(=O)(=O)Nc3ccccc3)cc2)n1C1CCCC1. The summed E-state index contributed by atoms with van der Waals surface area (Å²) in [5.41, 5.74) is 0.898. The van der Waals surface area contributed by atoms with Crippen LogP contribution in [0.3, 0.4) is 0 Å². The molecule has 0 aliphatic heterocycles. The quantitative estimate of drug-likeness (QED) is 0.319. The van der Waals surface area contributed by atoms with Crippen LogP contribution in [0, 0.1) is 0 Å². The van der Waals surface area contributed by atoms with Crippen LogP contribution in [0.4, 0.5) is 5.69 Å². The first-order valence-corrected chi connectivity index (χ1v) is 14.1. The highest BCUT2D eigenvalue weighted by atomic mass is 32.2. The number of anilines is 1. The number of aryl methyl sites for hydroxylation is 1. The summed E-state index contributed by atoms with van der Waals surface area (Å²) in [7, 11) is -3.72. The highest BCUT2D eigenvalue weighted by Gasteiger charge is 2.23. The molecule has 1 fully saturated rings. The van der Waals surface area contributed by atoms with Gasteiger partial charge in [0, 0.05) is 30.3 Å². The molecule has 0 unspecified atom stereocenters. The van der Waals surface area contributed by atoms with Crippen molar-refractivity contribution in [2.45, 2.75) is 54.6 Å². The van der Waals surface area contributed by atoms with Crippen molar-refractivity contribution >= 4 is 33.4 Å². The number of nitrogens with zero attached hydrogens (tertiary/aromatic N) is 3. The Kier molecular flexibility index (Phi) is 7.89. The largest absolute Gasteiger partial charge is 0.352 e. The van der Waals surface area contributed by atoms with Gasteiger partial charge in [-0.3, -0.25) is 9.52 Å². The minimum atomic E-state index is -3.72. The number of thioether (sulfide) groups is 1. The van der Waals surface area contributed by atoms with E-state index in [1.807, 2.05) is 12.3 Å². The Hall–Kier alpha value is -2.85. The molecule has 8 nitrogen and oxygen atoms in total. The second-order valence-corrected chi connectivity index (χ2v) is 10.7. The smallest absolute Gasteiger partial charge is 0.261 e. The molecule has 0 bridgehead atoms. The first-order chi connectivity index (χ1) is 16.5. The first kappa shape index (κ1) is 24.3. The Bertz CT molecular complexity index is 1210. The highest BCUT2D eigenvalue weighted by molar-refractivity contribution is 7.98. The van der Waals surface area contributed by atoms with Crippen molar-refractivity contribution in [2.75, 3.05) is 17.5 Å². The van der Waals surface area contributed by atoms with E-state index >= 15 is 0 Å². The van der Waals surface area contributed by atoms with Gasteiger partial charge in [0.25, 0.3) is 15.9 Å². The molecule has 0 atom stereocenters. The summed E-state index contributed by atoms with van der Waals surface area (Å²) in [6.07, 6.45) is 8.34. The minimum Gasteiger partial charge on any atom is -0.352 e. The van der Waals surface area contributed by atoms with Crippen LogP contribution in [0.15, 0.2) is 64.6 Å². The van der Waals surface area contributed by atoms with Gasteiger partial charge in [-0.1, -0.05) is 42.8 Å². The summed E-state index contributed by atoms with van der Waals surface area (Å²) >= 11 is 1.62. The van der Waals surface area contributed by atoms with E-state index in [9.17, 15) is 13.2 Å². The number of rotatable bonds is 10. The van der Waals surface area contributed by atoms with Gasteiger partial charge in [-0.25, -0.2) is 8.42 Å². The standard InChI is InChI=1S/C24H29N5O3S2/c1-33-24-27-26-22(29(24)20-10-5-6-11-20)12-7-17-25-23(30)18-13-15-21(16-14-18)34(31,32)28-19-8-3-2-4-9-19/h2-4,8-9,13-16,20,28H,5-7,10-12,17H2,1H3,(H,25,30). The third-order valence-corrected chi connectivity index (χ3v) is 7.96. The van der Waals surface area contributed by atoms with Gasteiger partial charge in [0.15, 0.2) is 5.16 Å². The van der Waals surface area contributed by atoms with Crippen LogP contribution in [0.5, 0.6) is 0 Å². The lowest BCUT2D eigenvalue weighted by atomic mass is 10.2. The normalized spacial score (nSPS) is 14.3. The Morgan fingerprint density at radius 1 is 1.06 bits per heavy atom. The molecule has 1 heterocycles. The molecule has 2 N–H and O–H groups in total. The molecule has 3 aromatic rings. The molecule has 0 radical (unpaired) electrons. The number of amides is 1. The van der Waals surface area contributed by atoms with Crippen molar-refractivity contribution in [1.82, 2.24) is 20.1 Å². The average molecular weight is 500 g/mol. The maximum absolute atomic E-state index is 12.5. The number of nitrogens with one attached hydrogen (secondary N) is 2. The van der Waals surface area contributed by atoms with Crippen LogP contribution < -0.4 is 10.0 Å². The monoisotopic (exact) mass is 499 g/mol. The fourth-order valence-corrected chi connectivity index (χ4v) is 5.83. The van der Waals surface area contributed by atoms with E-state index in [4.69, 9.17) is 0 Å². The summed E-state index contributed by atoms with van der Waals surface area (Å²) in [4.78, 5) is 12.6. The summed E-state index contributed by atoms with van der Waals surface area (Å²) in [5, 5.41) is 12.6. The molecule has 180 valence electrons. The zero-order valence-electron chi connectivity index (χ0n) is 19.1. The van der Waals surface area contributed by atoms with Crippen LogP contribution in [-0.2, 0) is 16.4 Å². The molecule has 10 heteroatoms. The predicted molar refractivity (Wildman–Crippen MR) is 134 cm³/mol.